The number of aromatic nitrogens is 2. The van der Waals surface area contributed by atoms with Gasteiger partial charge in [-0.2, -0.15) is 0 Å². The second-order valence-electron chi connectivity index (χ2n) is 3.87. The normalized spacial score (nSPS) is 10.8. The molecule has 1 N–H and O–H groups in total. The van der Waals surface area contributed by atoms with Crippen LogP contribution in [0.15, 0.2) is 35.1 Å². The van der Waals surface area contributed by atoms with Gasteiger partial charge in [0.15, 0.2) is 0 Å². The van der Waals surface area contributed by atoms with Crippen molar-refractivity contribution in [3.8, 4) is 5.69 Å². The molecule has 1 heterocycles. The molecule has 0 aliphatic heterocycles. The van der Waals surface area contributed by atoms with E-state index in [0.29, 0.717) is 0 Å². The van der Waals surface area contributed by atoms with Crippen molar-refractivity contribution < 1.29 is 0 Å². The van der Waals surface area contributed by atoms with E-state index in [0.717, 1.165) is 29.0 Å². The van der Waals surface area contributed by atoms with Crippen LogP contribution < -0.4 is 5.32 Å². The van der Waals surface area contributed by atoms with Gasteiger partial charge in [-0.15, -0.1) is 0 Å². The molecule has 0 spiro atoms. The highest BCUT2D eigenvalue weighted by Gasteiger charge is 2.05. The number of benzene rings is 1. The summed E-state index contributed by atoms with van der Waals surface area (Å²) < 4.78 is 3.24. The van der Waals surface area contributed by atoms with Crippen LogP contribution in [0.3, 0.4) is 0 Å². The summed E-state index contributed by atoms with van der Waals surface area (Å²) >= 11 is 3.61. The standard InChI is InChI=1S/C13H16BrN3/c1-3-13-16-6-7-17(13)11-5-4-10(9-15-2)12(14)8-11/h4-8,15H,3,9H2,1-2H3. The molecule has 90 valence electrons. The molecule has 1 aromatic heterocycles. The Balaban J connectivity index is 2.37. The summed E-state index contributed by atoms with van der Waals surface area (Å²) in [6.45, 7) is 2.98. The lowest BCUT2D eigenvalue weighted by molar-refractivity contribution is 0.812. The monoisotopic (exact) mass is 293 g/mol. The van der Waals surface area contributed by atoms with Gasteiger partial charge in [-0.3, -0.25) is 0 Å². The third kappa shape index (κ3) is 2.58. The first-order chi connectivity index (χ1) is 8.26. The summed E-state index contributed by atoms with van der Waals surface area (Å²) in [6, 6.07) is 6.39. The second-order valence-corrected chi connectivity index (χ2v) is 4.73. The Hall–Kier alpha value is -1.13. The molecule has 17 heavy (non-hydrogen) atoms. The molecule has 0 bridgehead atoms. The van der Waals surface area contributed by atoms with Crippen molar-refractivity contribution in [2.75, 3.05) is 7.05 Å². The first-order valence-electron chi connectivity index (χ1n) is 5.72. The lowest BCUT2D eigenvalue weighted by atomic mass is 10.2. The highest BCUT2D eigenvalue weighted by atomic mass is 79.9. The van der Waals surface area contributed by atoms with Crippen LogP contribution >= 0.6 is 15.9 Å². The molecule has 2 aromatic rings. The minimum Gasteiger partial charge on any atom is -0.316 e. The molecule has 0 fully saturated rings. The van der Waals surface area contributed by atoms with Crippen molar-refractivity contribution in [2.45, 2.75) is 19.9 Å². The number of halogens is 1. The lowest BCUT2D eigenvalue weighted by Gasteiger charge is -2.10. The molecule has 3 nitrogen and oxygen atoms in total. The van der Waals surface area contributed by atoms with Crippen molar-refractivity contribution in [1.82, 2.24) is 14.9 Å². The number of nitrogens with zero attached hydrogens (tertiary/aromatic N) is 2. The Labute approximate surface area is 110 Å². The van der Waals surface area contributed by atoms with Gasteiger partial charge in [0.05, 0.1) is 0 Å². The van der Waals surface area contributed by atoms with E-state index in [-0.39, 0.29) is 0 Å². The zero-order valence-electron chi connectivity index (χ0n) is 10.1. The molecule has 0 amide bonds. The smallest absolute Gasteiger partial charge is 0.112 e. The molecule has 2 rings (SSSR count). The van der Waals surface area contributed by atoms with Gasteiger partial charge in [0.1, 0.15) is 5.82 Å². The van der Waals surface area contributed by atoms with E-state index >= 15 is 0 Å². The van der Waals surface area contributed by atoms with Crippen LogP contribution in [0.5, 0.6) is 0 Å². The molecule has 0 aliphatic carbocycles. The summed E-state index contributed by atoms with van der Waals surface area (Å²) in [4.78, 5) is 4.33. The Bertz CT molecular complexity index is 505. The molecule has 0 saturated heterocycles. The van der Waals surface area contributed by atoms with Crippen molar-refractivity contribution in [3.05, 3.63) is 46.5 Å². The first kappa shape index (κ1) is 12.3. The van der Waals surface area contributed by atoms with E-state index in [2.05, 4.69) is 55.9 Å². The Morgan fingerprint density at radius 1 is 1.41 bits per heavy atom. The van der Waals surface area contributed by atoms with Crippen molar-refractivity contribution >= 4 is 15.9 Å². The van der Waals surface area contributed by atoms with Crippen LogP contribution in [0.25, 0.3) is 5.69 Å². The maximum atomic E-state index is 4.33. The number of imidazole rings is 1. The minimum atomic E-state index is 0.866. The number of hydrogen-bond donors (Lipinski definition) is 1. The number of aryl methyl sites for hydroxylation is 1. The molecule has 0 aliphatic rings. The predicted octanol–water partition coefficient (Wildman–Crippen LogP) is 2.92. The number of hydrogen-bond acceptors (Lipinski definition) is 2. The third-order valence-corrected chi connectivity index (χ3v) is 3.45. The first-order valence-corrected chi connectivity index (χ1v) is 6.51. The molecule has 0 unspecified atom stereocenters. The van der Waals surface area contributed by atoms with E-state index < -0.39 is 0 Å². The summed E-state index contributed by atoms with van der Waals surface area (Å²) in [6.07, 6.45) is 4.77. The number of rotatable bonds is 4. The average molecular weight is 294 g/mol. The summed E-state index contributed by atoms with van der Waals surface area (Å²) in [5, 5.41) is 3.15. The SMILES string of the molecule is CCc1nccn1-c1ccc(CNC)c(Br)c1. The maximum absolute atomic E-state index is 4.33. The molecule has 0 saturated carbocycles. The van der Waals surface area contributed by atoms with E-state index in [4.69, 9.17) is 0 Å². The molecule has 0 atom stereocenters. The average Bonchev–Trinajstić information content (AvgIpc) is 2.80. The van der Waals surface area contributed by atoms with Crippen LogP contribution in [0.4, 0.5) is 0 Å². The van der Waals surface area contributed by atoms with Gasteiger partial charge in [-0.25, -0.2) is 4.98 Å². The summed E-state index contributed by atoms with van der Waals surface area (Å²) in [5.41, 5.74) is 2.40. The fraction of sp³-hybridized carbons (Fsp3) is 0.308. The van der Waals surface area contributed by atoms with Gasteiger partial charge in [0.2, 0.25) is 0 Å². The summed E-state index contributed by atoms with van der Waals surface area (Å²) in [7, 11) is 1.95. The van der Waals surface area contributed by atoms with Crippen LogP contribution in [-0.4, -0.2) is 16.6 Å². The molecule has 0 radical (unpaired) electrons. The topological polar surface area (TPSA) is 29.9 Å². The van der Waals surface area contributed by atoms with Gasteiger partial charge in [0.25, 0.3) is 0 Å². The predicted molar refractivity (Wildman–Crippen MR) is 73.4 cm³/mol. The molecule has 4 heteroatoms. The van der Waals surface area contributed by atoms with E-state index in [1.807, 2.05) is 19.4 Å². The fourth-order valence-corrected chi connectivity index (χ4v) is 2.36. The van der Waals surface area contributed by atoms with E-state index in [1.54, 1.807) is 0 Å². The van der Waals surface area contributed by atoms with E-state index in [9.17, 15) is 0 Å². The Kier molecular flexibility index (Phi) is 3.97. The highest BCUT2D eigenvalue weighted by Crippen LogP contribution is 2.21. The van der Waals surface area contributed by atoms with Gasteiger partial charge in [0, 0.05) is 35.5 Å². The lowest BCUT2D eigenvalue weighted by Crippen LogP contribution is -2.06. The third-order valence-electron chi connectivity index (χ3n) is 2.72. The Morgan fingerprint density at radius 3 is 2.88 bits per heavy atom. The van der Waals surface area contributed by atoms with Crippen molar-refractivity contribution in [3.63, 3.8) is 0 Å². The number of nitrogens with one attached hydrogen (secondary N) is 1. The molecular weight excluding hydrogens is 278 g/mol. The van der Waals surface area contributed by atoms with E-state index in [1.165, 1.54) is 5.56 Å². The Morgan fingerprint density at radius 2 is 2.24 bits per heavy atom. The fourth-order valence-electron chi connectivity index (χ4n) is 1.85. The second kappa shape index (κ2) is 5.47. The van der Waals surface area contributed by atoms with Crippen LogP contribution in [0, 0.1) is 0 Å². The van der Waals surface area contributed by atoms with Crippen molar-refractivity contribution in [2.24, 2.45) is 0 Å². The molecule has 1 aromatic carbocycles. The van der Waals surface area contributed by atoms with Gasteiger partial charge >= 0.3 is 0 Å². The van der Waals surface area contributed by atoms with Crippen LogP contribution in [0.1, 0.15) is 18.3 Å². The summed E-state index contributed by atoms with van der Waals surface area (Å²) in [5.74, 6) is 1.08. The highest BCUT2D eigenvalue weighted by molar-refractivity contribution is 9.10. The van der Waals surface area contributed by atoms with Crippen LogP contribution in [-0.2, 0) is 13.0 Å². The van der Waals surface area contributed by atoms with Gasteiger partial charge < -0.3 is 9.88 Å². The minimum absolute atomic E-state index is 0.866. The van der Waals surface area contributed by atoms with Gasteiger partial charge in [-0.1, -0.05) is 28.9 Å². The quantitative estimate of drug-likeness (QED) is 0.939. The largest absolute Gasteiger partial charge is 0.316 e. The van der Waals surface area contributed by atoms with Crippen molar-refractivity contribution in [1.29, 1.82) is 0 Å². The van der Waals surface area contributed by atoms with Crippen LogP contribution in [0.2, 0.25) is 0 Å². The zero-order chi connectivity index (χ0) is 12.3. The maximum Gasteiger partial charge on any atom is 0.112 e. The zero-order valence-corrected chi connectivity index (χ0v) is 11.7. The van der Waals surface area contributed by atoms with Gasteiger partial charge in [-0.05, 0) is 24.7 Å². The molecular formula is C13H16BrN3.